The molecule has 1 fully saturated rings. The summed E-state index contributed by atoms with van der Waals surface area (Å²) in [5, 5.41) is 4.79. The molecule has 140 valence electrons. The number of carbonyl (C=O) groups excluding carboxylic acids is 1. The van der Waals surface area contributed by atoms with Crippen molar-refractivity contribution in [3.63, 3.8) is 0 Å². The molecule has 1 aromatic carbocycles. The average molecular weight is 368 g/mol. The van der Waals surface area contributed by atoms with Gasteiger partial charge in [-0.05, 0) is 31.2 Å². The number of hydrogen-bond donors (Lipinski definition) is 2. The van der Waals surface area contributed by atoms with Crippen molar-refractivity contribution in [2.24, 2.45) is 0 Å². The van der Waals surface area contributed by atoms with Crippen molar-refractivity contribution in [2.45, 2.75) is 44.2 Å². The highest BCUT2D eigenvalue weighted by Crippen LogP contribution is 2.24. The molecule has 0 radical (unpaired) electrons. The third-order valence-corrected chi connectivity index (χ3v) is 4.97. The number of rotatable bonds is 4. The second-order valence-electron chi connectivity index (χ2n) is 6.77. The van der Waals surface area contributed by atoms with Crippen LogP contribution in [0.15, 0.2) is 46.2 Å². The number of benzene rings is 1. The van der Waals surface area contributed by atoms with Gasteiger partial charge in [-0.1, -0.05) is 36.8 Å². The zero-order chi connectivity index (χ0) is 18.8. The van der Waals surface area contributed by atoms with E-state index >= 15 is 0 Å². The van der Waals surface area contributed by atoms with Crippen molar-refractivity contribution in [1.29, 1.82) is 0 Å². The summed E-state index contributed by atoms with van der Waals surface area (Å²) in [6.07, 6.45) is 6.00. The van der Waals surface area contributed by atoms with Gasteiger partial charge in [0.2, 0.25) is 0 Å². The number of nitrogens with zero attached hydrogens (tertiary/aromatic N) is 2. The van der Waals surface area contributed by atoms with E-state index in [2.05, 4.69) is 15.2 Å². The van der Waals surface area contributed by atoms with Gasteiger partial charge < -0.3 is 4.74 Å². The van der Waals surface area contributed by atoms with E-state index in [4.69, 9.17) is 4.74 Å². The highest BCUT2D eigenvalue weighted by Gasteiger charge is 2.29. The molecule has 8 nitrogen and oxygen atoms in total. The third-order valence-electron chi connectivity index (χ3n) is 4.97. The van der Waals surface area contributed by atoms with Crippen LogP contribution in [0.1, 0.15) is 43.7 Å². The van der Waals surface area contributed by atoms with Gasteiger partial charge in [0, 0.05) is 0 Å². The minimum atomic E-state index is -0.994. The molecule has 2 heterocycles. The molecular formula is C19H20N4O4. The first-order valence-corrected chi connectivity index (χ1v) is 9.08. The number of aromatic nitrogens is 4. The Labute approximate surface area is 154 Å². The van der Waals surface area contributed by atoms with Crippen molar-refractivity contribution in [3.05, 3.63) is 62.9 Å². The summed E-state index contributed by atoms with van der Waals surface area (Å²) >= 11 is 0. The topological polar surface area (TPSA) is 110 Å². The first-order chi connectivity index (χ1) is 13.1. The number of nitrogens with one attached hydrogen (secondary N) is 2. The van der Waals surface area contributed by atoms with Gasteiger partial charge in [0.15, 0.2) is 17.1 Å². The molecule has 0 saturated heterocycles. The van der Waals surface area contributed by atoms with Gasteiger partial charge in [-0.3, -0.25) is 24.4 Å². The second kappa shape index (κ2) is 7.22. The number of esters is 1. The van der Waals surface area contributed by atoms with Gasteiger partial charge >= 0.3 is 5.97 Å². The monoisotopic (exact) mass is 368 g/mol. The van der Waals surface area contributed by atoms with Crippen LogP contribution in [0.3, 0.4) is 0 Å². The number of hydrogen-bond acceptors (Lipinski definition) is 5. The highest BCUT2D eigenvalue weighted by atomic mass is 16.5. The van der Waals surface area contributed by atoms with E-state index in [0.717, 1.165) is 32.1 Å². The van der Waals surface area contributed by atoms with Crippen LogP contribution in [-0.2, 0) is 9.53 Å². The van der Waals surface area contributed by atoms with E-state index in [1.807, 2.05) is 6.07 Å². The van der Waals surface area contributed by atoms with Gasteiger partial charge in [-0.15, -0.1) is 0 Å². The SMILES string of the molecule is O=C(OC1CCCCC1)C(c1ccccc1)n1cnc2[nH][nH]c(=O)c2c1=O. The van der Waals surface area contributed by atoms with Gasteiger partial charge in [-0.2, -0.15) is 0 Å². The molecule has 1 unspecified atom stereocenters. The van der Waals surface area contributed by atoms with E-state index in [0.29, 0.717) is 5.56 Å². The summed E-state index contributed by atoms with van der Waals surface area (Å²) in [5.41, 5.74) is -0.386. The fraction of sp³-hybridized carbons (Fsp3) is 0.368. The molecule has 0 aliphatic heterocycles. The minimum Gasteiger partial charge on any atom is -0.461 e. The van der Waals surface area contributed by atoms with Gasteiger partial charge in [0.25, 0.3) is 11.1 Å². The lowest BCUT2D eigenvalue weighted by atomic mass is 9.97. The van der Waals surface area contributed by atoms with Crippen LogP contribution >= 0.6 is 0 Å². The van der Waals surface area contributed by atoms with Gasteiger partial charge in [-0.25, -0.2) is 9.78 Å². The van der Waals surface area contributed by atoms with Gasteiger partial charge in [0.05, 0.1) is 0 Å². The van der Waals surface area contributed by atoms with Crippen LogP contribution in [0.5, 0.6) is 0 Å². The van der Waals surface area contributed by atoms with E-state index in [9.17, 15) is 14.4 Å². The lowest BCUT2D eigenvalue weighted by molar-refractivity contribution is -0.153. The van der Waals surface area contributed by atoms with Gasteiger partial charge in [0.1, 0.15) is 12.4 Å². The Morgan fingerprint density at radius 2 is 1.85 bits per heavy atom. The quantitative estimate of drug-likeness (QED) is 0.683. The normalized spacial score (nSPS) is 16.3. The lowest BCUT2D eigenvalue weighted by Crippen LogP contribution is -2.35. The van der Waals surface area contributed by atoms with Crippen LogP contribution in [0.2, 0.25) is 0 Å². The molecule has 0 bridgehead atoms. The Kier molecular flexibility index (Phi) is 4.62. The Bertz CT molecular complexity index is 1060. The van der Waals surface area contributed by atoms with Crippen LogP contribution in [0, 0.1) is 0 Å². The Hall–Kier alpha value is -3.16. The van der Waals surface area contributed by atoms with Crippen molar-refractivity contribution >= 4 is 17.0 Å². The largest absolute Gasteiger partial charge is 0.461 e. The van der Waals surface area contributed by atoms with E-state index in [1.54, 1.807) is 24.3 Å². The molecule has 2 aromatic heterocycles. The lowest BCUT2D eigenvalue weighted by Gasteiger charge is -2.25. The van der Waals surface area contributed by atoms with Crippen molar-refractivity contribution < 1.29 is 9.53 Å². The number of aromatic amines is 2. The van der Waals surface area contributed by atoms with E-state index in [-0.39, 0.29) is 17.1 Å². The molecule has 0 amide bonds. The summed E-state index contributed by atoms with van der Waals surface area (Å²) in [6.45, 7) is 0. The maximum absolute atomic E-state index is 13.0. The number of ether oxygens (including phenoxy) is 1. The van der Waals surface area contributed by atoms with Crippen molar-refractivity contribution in [1.82, 2.24) is 19.7 Å². The van der Waals surface area contributed by atoms with E-state index < -0.39 is 23.1 Å². The maximum Gasteiger partial charge on any atom is 0.334 e. The Morgan fingerprint density at radius 3 is 2.59 bits per heavy atom. The number of carbonyl (C=O) groups is 1. The smallest absolute Gasteiger partial charge is 0.334 e. The summed E-state index contributed by atoms with van der Waals surface area (Å²) in [4.78, 5) is 42.0. The molecule has 1 aliphatic rings. The predicted molar refractivity (Wildman–Crippen MR) is 98.5 cm³/mol. The van der Waals surface area contributed by atoms with Crippen LogP contribution in [0.4, 0.5) is 0 Å². The first kappa shape index (κ1) is 17.3. The number of H-pyrrole nitrogens is 2. The maximum atomic E-state index is 13.0. The molecule has 3 aromatic rings. The zero-order valence-corrected chi connectivity index (χ0v) is 14.7. The minimum absolute atomic E-state index is 0.108. The van der Waals surface area contributed by atoms with Crippen molar-refractivity contribution in [2.75, 3.05) is 0 Å². The second-order valence-corrected chi connectivity index (χ2v) is 6.77. The standard InChI is InChI=1S/C19H20N4O4/c24-17-14-16(21-22-17)20-11-23(18(14)25)15(12-7-3-1-4-8-12)19(26)27-13-9-5-2-6-10-13/h1,3-4,7-8,11,13,15H,2,5-6,9-10H2,(H2,21,22,24). The molecule has 8 heteroatoms. The molecule has 2 N–H and O–H groups in total. The Morgan fingerprint density at radius 1 is 1.11 bits per heavy atom. The summed E-state index contributed by atoms with van der Waals surface area (Å²) in [6, 6.07) is 7.92. The van der Waals surface area contributed by atoms with Crippen molar-refractivity contribution in [3.8, 4) is 0 Å². The Balaban J connectivity index is 1.78. The molecular weight excluding hydrogens is 348 g/mol. The molecule has 27 heavy (non-hydrogen) atoms. The summed E-state index contributed by atoms with van der Waals surface area (Å²) < 4.78 is 6.89. The molecule has 0 spiro atoms. The summed E-state index contributed by atoms with van der Waals surface area (Å²) in [7, 11) is 0. The molecule has 1 atom stereocenters. The summed E-state index contributed by atoms with van der Waals surface area (Å²) in [5.74, 6) is -0.511. The predicted octanol–water partition coefficient (Wildman–Crippen LogP) is 1.88. The van der Waals surface area contributed by atoms with Crippen LogP contribution < -0.4 is 11.1 Å². The zero-order valence-electron chi connectivity index (χ0n) is 14.7. The fourth-order valence-corrected chi connectivity index (χ4v) is 3.59. The average Bonchev–Trinajstić information content (AvgIpc) is 3.07. The third kappa shape index (κ3) is 3.30. The van der Waals surface area contributed by atoms with Crippen LogP contribution in [0.25, 0.3) is 11.0 Å². The van der Waals surface area contributed by atoms with Crippen LogP contribution in [-0.4, -0.2) is 31.8 Å². The molecule has 1 aliphatic carbocycles. The molecule has 4 rings (SSSR count). The molecule has 1 saturated carbocycles. The highest BCUT2D eigenvalue weighted by molar-refractivity contribution is 5.79. The fourth-order valence-electron chi connectivity index (χ4n) is 3.59. The first-order valence-electron chi connectivity index (χ1n) is 9.08. The van der Waals surface area contributed by atoms with E-state index in [1.165, 1.54) is 10.9 Å². The number of fused-ring (bicyclic) bond motifs is 1.